The number of nitrogens with one attached hydrogen (secondary N) is 1. The number of sulfonamides is 1. The largest absolute Gasteiger partial charge is 0.354 e. The molecule has 0 unspecified atom stereocenters. The van der Waals surface area contributed by atoms with Gasteiger partial charge in [-0.1, -0.05) is 35.9 Å². The van der Waals surface area contributed by atoms with Crippen LogP contribution in [-0.2, 0) is 32.6 Å². The summed E-state index contributed by atoms with van der Waals surface area (Å²) >= 11 is 0. The minimum Gasteiger partial charge on any atom is -0.354 e. The Morgan fingerprint density at radius 3 is 2.27 bits per heavy atom. The van der Waals surface area contributed by atoms with E-state index in [1.54, 1.807) is 43.3 Å². The first-order chi connectivity index (χ1) is 19.2. The summed E-state index contributed by atoms with van der Waals surface area (Å²) in [5.41, 5.74) is 2.95. The van der Waals surface area contributed by atoms with E-state index >= 15 is 0 Å². The SMILES string of the molecule is C[C@H](C(=O)NCCC1=CCCCC1)N(Cc1ccc(F)cc1)C(=O)CCc1ccc(S(=O)(=O)N2CCCC2)cc1. The van der Waals surface area contributed by atoms with E-state index in [4.69, 9.17) is 0 Å². The molecule has 1 heterocycles. The van der Waals surface area contributed by atoms with Gasteiger partial charge in [-0.25, -0.2) is 12.8 Å². The number of aryl methyl sites for hydroxylation is 1. The summed E-state index contributed by atoms with van der Waals surface area (Å²) in [6.45, 7) is 3.53. The van der Waals surface area contributed by atoms with Gasteiger partial charge in [-0.15, -0.1) is 0 Å². The zero-order valence-electron chi connectivity index (χ0n) is 23.3. The number of rotatable bonds is 12. The Balaban J connectivity index is 1.38. The number of nitrogens with zero attached hydrogens (tertiary/aromatic N) is 2. The number of benzene rings is 2. The molecule has 2 aliphatic rings. The Morgan fingerprint density at radius 1 is 0.950 bits per heavy atom. The van der Waals surface area contributed by atoms with Gasteiger partial charge in [-0.3, -0.25) is 9.59 Å². The Labute approximate surface area is 237 Å². The molecule has 1 aliphatic carbocycles. The average molecular weight is 570 g/mol. The van der Waals surface area contributed by atoms with Crippen LogP contribution in [0.4, 0.5) is 4.39 Å². The molecule has 0 radical (unpaired) electrons. The highest BCUT2D eigenvalue weighted by molar-refractivity contribution is 7.89. The zero-order valence-corrected chi connectivity index (χ0v) is 24.1. The molecular weight excluding hydrogens is 529 g/mol. The molecule has 0 aromatic heterocycles. The second-order valence-electron chi connectivity index (χ2n) is 10.7. The molecule has 1 saturated heterocycles. The van der Waals surface area contributed by atoms with E-state index in [1.165, 1.54) is 39.8 Å². The molecule has 2 aromatic rings. The van der Waals surface area contributed by atoms with E-state index in [0.717, 1.165) is 43.2 Å². The molecule has 40 heavy (non-hydrogen) atoms. The third-order valence-electron chi connectivity index (χ3n) is 7.82. The lowest BCUT2D eigenvalue weighted by atomic mass is 9.97. The van der Waals surface area contributed by atoms with Crippen molar-refractivity contribution in [2.75, 3.05) is 19.6 Å². The molecule has 2 aromatic carbocycles. The molecule has 2 amide bonds. The lowest BCUT2D eigenvalue weighted by molar-refractivity contribution is -0.140. The molecule has 216 valence electrons. The monoisotopic (exact) mass is 569 g/mol. The molecule has 4 rings (SSSR count). The number of allylic oxidation sites excluding steroid dienone is 1. The predicted molar refractivity (Wildman–Crippen MR) is 153 cm³/mol. The number of hydrogen-bond acceptors (Lipinski definition) is 4. The minimum absolute atomic E-state index is 0.157. The smallest absolute Gasteiger partial charge is 0.243 e. The molecule has 7 nitrogen and oxygen atoms in total. The molecule has 1 fully saturated rings. The Kier molecular flexibility index (Phi) is 10.5. The van der Waals surface area contributed by atoms with Gasteiger partial charge >= 0.3 is 0 Å². The highest BCUT2D eigenvalue weighted by atomic mass is 32.2. The molecular formula is C31H40FN3O4S. The molecule has 1 N–H and O–H groups in total. The normalized spacial score (nSPS) is 16.8. The Morgan fingerprint density at radius 2 is 1.62 bits per heavy atom. The van der Waals surface area contributed by atoms with Crippen LogP contribution in [0.15, 0.2) is 65.1 Å². The van der Waals surface area contributed by atoms with Gasteiger partial charge in [-0.05, 0) is 93.7 Å². The molecule has 1 atom stereocenters. The predicted octanol–water partition coefficient (Wildman–Crippen LogP) is 4.97. The van der Waals surface area contributed by atoms with E-state index in [-0.39, 0.29) is 35.5 Å². The van der Waals surface area contributed by atoms with Crippen molar-refractivity contribution < 1.29 is 22.4 Å². The molecule has 0 bridgehead atoms. The van der Waals surface area contributed by atoms with Crippen LogP contribution >= 0.6 is 0 Å². The molecule has 0 spiro atoms. The second-order valence-corrected chi connectivity index (χ2v) is 12.7. The van der Waals surface area contributed by atoms with Crippen LogP contribution in [0.25, 0.3) is 0 Å². The standard InChI is InChI=1S/C31H40FN3O4S/c1-24(31(37)33-20-19-25-7-3-2-4-8-25)35(23-27-9-14-28(32)15-10-27)30(36)18-13-26-11-16-29(17-12-26)40(38,39)34-21-5-6-22-34/h7,9-12,14-17,24H,2-6,8,13,18-23H2,1H3,(H,33,37)/t24-/m1/s1. The number of carbonyl (C=O) groups excluding carboxylic acids is 2. The van der Waals surface area contributed by atoms with Gasteiger partial charge in [-0.2, -0.15) is 4.31 Å². The van der Waals surface area contributed by atoms with Gasteiger partial charge in [0.1, 0.15) is 11.9 Å². The van der Waals surface area contributed by atoms with Crippen LogP contribution in [0.1, 0.15) is 69.4 Å². The highest BCUT2D eigenvalue weighted by Gasteiger charge is 2.28. The Hall–Kier alpha value is -3.04. The van der Waals surface area contributed by atoms with Crippen LogP contribution < -0.4 is 5.32 Å². The lowest BCUT2D eigenvalue weighted by Gasteiger charge is -2.29. The van der Waals surface area contributed by atoms with E-state index in [9.17, 15) is 22.4 Å². The van der Waals surface area contributed by atoms with Crippen molar-refractivity contribution >= 4 is 21.8 Å². The minimum atomic E-state index is -3.49. The zero-order chi connectivity index (χ0) is 28.5. The topological polar surface area (TPSA) is 86.8 Å². The van der Waals surface area contributed by atoms with Gasteiger partial charge in [0.2, 0.25) is 21.8 Å². The molecule has 1 aliphatic heterocycles. The highest BCUT2D eigenvalue weighted by Crippen LogP contribution is 2.22. The van der Waals surface area contributed by atoms with Crippen molar-refractivity contribution in [2.24, 2.45) is 0 Å². The maximum atomic E-state index is 13.5. The van der Waals surface area contributed by atoms with Crippen molar-refractivity contribution in [1.29, 1.82) is 0 Å². The molecule has 9 heteroatoms. The van der Waals surface area contributed by atoms with Crippen LogP contribution in [0.5, 0.6) is 0 Å². The van der Waals surface area contributed by atoms with Crippen LogP contribution in [0, 0.1) is 5.82 Å². The fourth-order valence-electron chi connectivity index (χ4n) is 5.30. The molecule has 0 saturated carbocycles. The van der Waals surface area contributed by atoms with Crippen molar-refractivity contribution in [3.63, 3.8) is 0 Å². The van der Waals surface area contributed by atoms with Gasteiger partial charge in [0.25, 0.3) is 0 Å². The third kappa shape index (κ3) is 8.01. The third-order valence-corrected chi connectivity index (χ3v) is 9.73. The quantitative estimate of drug-likeness (QED) is 0.366. The van der Waals surface area contributed by atoms with E-state index in [0.29, 0.717) is 26.1 Å². The first-order valence-electron chi connectivity index (χ1n) is 14.3. The summed E-state index contributed by atoms with van der Waals surface area (Å²) in [6.07, 6.45) is 9.97. The average Bonchev–Trinajstić information content (AvgIpc) is 3.52. The van der Waals surface area contributed by atoms with Gasteiger partial charge in [0.15, 0.2) is 0 Å². The summed E-state index contributed by atoms with van der Waals surface area (Å²) in [5, 5.41) is 2.98. The summed E-state index contributed by atoms with van der Waals surface area (Å²) in [4.78, 5) is 28.3. The van der Waals surface area contributed by atoms with Crippen molar-refractivity contribution in [2.45, 2.75) is 82.2 Å². The maximum Gasteiger partial charge on any atom is 0.243 e. The number of amides is 2. The van der Waals surface area contributed by atoms with Crippen molar-refractivity contribution in [1.82, 2.24) is 14.5 Å². The summed E-state index contributed by atoms with van der Waals surface area (Å²) in [7, 11) is -3.49. The fraction of sp³-hybridized carbons (Fsp3) is 0.484. The van der Waals surface area contributed by atoms with Gasteiger partial charge in [0, 0.05) is 32.6 Å². The van der Waals surface area contributed by atoms with Gasteiger partial charge < -0.3 is 10.2 Å². The summed E-state index contributed by atoms with van der Waals surface area (Å²) in [6, 6.07) is 11.9. The lowest BCUT2D eigenvalue weighted by Crippen LogP contribution is -2.47. The number of halogens is 1. The van der Waals surface area contributed by atoms with E-state index in [1.807, 2.05) is 0 Å². The second kappa shape index (κ2) is 14.0. The van der Waals surface area contributed by atoms with Crippen LogP contribution in [0.2, 0.25) is 0 Å². The summed E-state index contributed by atoms with van der Waals surface area (Å²) < 4.78 is 40.6. The van der Waals surface area contributed by atoms with E-state index < -0.39 is 16.1 Å². The first-order valence-corrected chi connectivity index (χ1v) is 15.8. The Bertz CT molecular complexity index is 1290. The van der Waals surface area contributed by atoms with Crippen LogP contribution in [-0.4, -0.2) is 55.1 Å². The number of carbonyl (C=O) groups is 2. The number of hydrogen-bond donors (Lipinski definition) is 1. The van der Waals surface area contributed by atoms with E-state index in [2.05, 4.69) is 11.4 Å². The fourth-order valence-corrected chi connectivity index (χ4v) is 6.81. The first kappa shape index (κ1) is 29.9. The maximum absolute atomic E-state index is 13.5. The van der Waals surface area contributed by atoms with Crippen molar-refractivity contribution in [3.05, 3.63) is 77.1 Å². The summed E-state index contributed by atoms with van der Waals surface area (Å²) in [5.74, 6) is -0.779. The van der Waals surface area contributed by atoms with Crippen LogP contribution in [0.3, 0.4) is 0 Å². The van der Waals surface area contributed by atoms with Gasteiger partial charge in [0.05, 0.1) is 4.90 Å². The van der Waals surface area contributed by atoms with Crippen molar-refractivity contribution in [3.8, 4) is 0 Å².